The highest BCUT2D eigenvalue weighted by Crippen LogP contribution is 2.62. The summed E-state index contributed by atoms with van der Waals surface area (Å²) >= 11 is 0. The maximum atomic E-state index is 6.57. The summed E-state index contributed by atoms with van der Waals surface area (Å²) in [7, 11) is 0. The fourth-order valence-corrected chi connectivity index (χ4v) is 12.6. The van der Waals surface area contributed by atoms with Gasteiger partial charge in [0.15, 0.2) is 17.5 Å². The minimum absolute atomic E-state index is 0.477. The molecule has 5 nitrogen and oxygen atoms in total. The van der Waals surface area contributed by atoms with Crippen LogP contribution in [-0.2, 0) is 5.41 Å². The maximum Gasteiger partial charge on any atom is 0.167 e. The van der Waals surface area contributed by atoms with Crippen LogP contribution in [0.15, 0.2) is 229 Å². The predicted molar refractivity (Wildman–Crippen MR) is 295 cm³/mol. The van der Waals surface area contributed by atoms with Gasteiger partial charge in [-0.1, -0.05) is 188 Å². The molecule has 0 radical (unpaired) electrons. The van der Waals surface area contributed by atoms with E-state index in [1.807, 2.05) is 36.4 Å². The van der Waals surface area contributed by atoms with Crippen molar-refractivity contribution in [2.45, 2.75) is 12.3 Å². The molecule has 72 heavy (non-hydrogen) atoms. The van der Waals surface area contributed by atoms with Crippen molar-refractivity contribution in [2.24, 2.45) is 0 Å². The van der Waals surface area contributed by atoms with Gasteiger partial charge in [0.2, 0.25) is 0 Å². The van der Waals surface area contributed by atoms with Crippen LogP contribution in [0, 0.1) is 0 Å². The van der Waals surface area contributed by atoms with E-state index in [-0.39, 0.29) is 0 Å². The van der Waals surface area contributed by atoms with Crippen LogP contribution in [0.5, 0.6) is 0 Å². The Hall–Kier alpha value is -9.45. The predicted octanol–water partition coefficient (Wildman–Crippen LogP) is 17.2. The summed E-state index contributed by atoms with van der Waals surface area (Å²) in [6, 6.07) is 81.2. The van der Waals surface area contributed by atoms with Gasteiger partial charge >= 0.3 is 0 Å². The number of hydrogen-bond acceptors (Lipinski definition) is 4. The average Bonchev–Trinajstić information content (AvgIpc) is 4.06. The van der Waals surface area contributed by atoms with Crippen molar-refractivity contribution < 1.29 is 4.42 Å². The number of nitrogens with zero attached hydrogens (tertiary/aromatic N) is 4. The first kappa shape index (κ1) is 39.4. The molecule has 0 saturated heterocycles. The van der Waals surface area contributed by atoms with E-state index in [0.717, 1.165) is 55.0 Å². The molecule has 11 aromatic carbocycles. The van der Waals surface area contributed by atoms with E-state index in [1.165, 1.54) is 82.8 Å². The number of aromatic nitrogens is 4. The molecule has 1 aliphatic carbocycles. The third kappa shape index (κ3) is 5.29. The largest absolute Gasteiger partial charge is 0.455 e. The Labute approximate surface area is 414 Å². The highest BCUT2D eigenvalue weighted by Gasteiger charge is 2.46. The third-order valence-electron chi connectivity index (χ3n) is 15.9. The van der Waals surface area contributed by atoms with E-state index in [9.17, 15) is 0 Å². The van der Waals surface area contributed by atoms with Crippen molar-refractivity contribution in [3.05, 3.63) is 241 Å². The molecule has 1 aliphatic heterocycles. The van der Waals surface area contributed by atoms with Crippen LogP contribution in [0.2, 0.25) is 0 Å². The second kappa shape index (κ2) is 14.5. The Bertz CT molecular complexity index is 4660. The quantitative estimate of drug-likeness (QED) is 0.173. The zero-order valence-electron chi connectivity index (χ0n) is 39.1. The topological polar surface area (TPSA) is 56.7 Å². The molecule has 16 rings (SSSR count). The molecule has 1 unspecified atom stereocenters. The minimum Gasteiger partial charge on any atom is -0.455 e. The van der Waals surface area contributed by atoms with Gasteiger partial charge in [0, 0.05) is 49.2 Å². The third-order valence-corrected chi connectivity index (χ3v) is 15.9. The lowest BCUT2D eigenvalue weighted by atomic mass is 9.72. The Morgan fingerprint density at radius 1 is 0.403 bits per heavy atom. The van der Waals surface area contributed by atoms with Gasteiger partial charge in [-0.25, -0.2) is 15.0 Å². The molecule has 14 aromatic rings. The van der Waals surface area contributed by atoms with Crippen LogP contribution in [-0.4, -0.2) is 19.5 Å². The van der Waals surface area contributed by atoms with Crippen molar-refractivity contribution in [2.75, 3.05) is 0 Å². The molecule has 0 spiro atoms. The van der Waals surface area contributed by atoms with Crippen molar-refractivity contribution >= 4 is 65.3 Å². The maximum absolute atomic E-state index is 6.57. The van der Waals surface area contributed by atoms with E-state index in [2.05, 4.69) is 200 Å². The molecule has 0 fully saturated rings. The van der Waals surface area contributed by atoms with E-state index >= 15 is 0 Å². The smallest absolute Gasteiger partial charge is 0.167 e. The fourth-order valence-electron chi connectivity index (χ4n) is 12.6. The van der Waals surface area contributed by atoms with Crippen LogP contribution in [0.4, 0.5) is 0 Å². The number of furan rings is 1. The number of benzene rings is 11. The van der Waals surface area contributed by atoms with Crippen LogP contribution in [0.3, 0.4) is 0 Å². The molecule has 1 atom stereocenters. The Balaban J connectivity index is 0.992. The number of fused-ring (bicyclic) bond motifs is 11. The summed E-state index contributed by atoms with van der Waals surface area (Å²) in [5.74, 6) is 1.75. The Kier molecular flexibility index (Phi) is 7.96. The Morgan fingerprint density at radius 3 is 1.90 bits per heavy atom. The summed E-state index contributed by atoms with van der Waals surface area (Å²) < 4.78 is 9.14. The number of hydrogen-bond donors (Lipinski definition) is 0. The monoisotopic (exact) mass is 916 g/mol. The van der Waals surface area contributed by atoms with Crippen molar-refractivity contribution in [3.8, 4) is 73.2 Å². The van der Waals surface area contributed by atoms with Gasteiger partial charge in [0.25, 0.3) is 0 Å². The normalized spacial score (nSPS) is 14.5. The summed E-state index contributed by atoms with van der Waals surface area (Å²) in [6.07, 6.45) is 0. The van der Waals surface area contributed by atoms with Gasteiger partial charge in [-0.15, -0.1) is 0 Å². The molecular formula is C67H40N4O. The lowest BCUT2D eigenvalue weighted by Crippen LogP contribution is -2.22. The molecule has 2 aliphatic rings. The van der Waals surface area contributed by atoms with Crippen molar-refractivity contribution in [1.29, 1.82) is 0 Å². The van der Waals surface area contributed by atoms with E-state index in [1.54, 1.807) is 0 Å². The highest BCUT2D eigenvalue weighted by atomic mass is 16.3. The SMILES string of the molecule is CC1(c2ccc3ccccc3c2)c2cccc3c2-c2c1cc(-c1cccc4c(-c5nc(-c6ccccc6)nc(-c6cccc7c6oc6ccccc67)n5)cccc14)c1c4ccccc4n(c21)-c1ccccc1-3. The minimum atomic E-state index is -0.477. The summed E-state index contributed by atoms with van der Waals surface area (Å²) in [5.41, 5.74) is 18.8. The van der Waals surface area contributed by atoms with E-state index in [4.69, 9.17) is 19.4 Å². The zero-order chi connectivity index (χ0) is 47.2. The van der Waals surface area contributed by atoms with Gasteiger partial charge in [-0.2, -0.15) is 0 Å². The summed E-state index contributed by atoms with van der Waals surface area (Å²) in [4.78, 5) is 15.8. The average molecular weight is 917 g/mol. The van der Waals surface area contributed by atoms with E-state index < -0.39 is 5.41 Å². The molecule has 0 bridgehead atoms. The fraction of sp³-hybridized carbons (Fsp3) is 0.0299. The van der Waals surface area contributed by atoms with Gasteiger partial charge in [-0.05, 0) is 104 Å². The molecule has 0 saturated carbocycles. The van der Waals surface area contributed by atoms with Crippen LogP contribution in [0.25, 0.3) is 139 Å². The molecule has 0 N–H and O–H groups in total. The van der Waals surface area contributed by atoms with Crippen LogP contribution in [0.1, 0.15) is 23.6 Å². The Morgan fingerprint density at radius 2 is 1.03 bits per heavy atom. The van der Waals surface area contributed by atoms with Gasteiger partial charge in [0.05, 0.1) is 22.3 Å². The van der Waals surface area contributed by atoms with Crippen molar-refractivity contribution in [3.63, 3.8) is 0 Å². The standard InChI is InChI=1S/C67H40N4O/c1-67(42-36-35-39-17-5-6-20-41(39)37-42)54-31-16-27-48-46-21-7-10-32-56(46)71-57-33-11-8-23-51(57)59-53(38-55(67)61(60(48)54)62(59)71)45-26-13-25-44-43(45)24-14-29-50(44)65-68-64(40-18-3-2-4-19-40)69-66(70-65)52-30-15-28-49-47-22-9-12-34-58(47)72-63(49)52/h2-38H,1H3. The zero-order valence-corrected chi connectivity index (χ0v) is 39.1. The first-order valence-corrected chi connectivity index (χ1v) is 24.7. The lowest BCUT2D eigenvalue weighted by Gasteiger charge is -2.30. The van der Waals surface area contributed by atoms with Gasteiger partial charge in [-0.3, -0.25) is 0 Å². The number of para-hydroxylation sites is 4. The molecule has 0 amide bonds. The van der Waals surface area contributed by atoms with Crippen LogP contribution >= 0.6 is 0 Å². The molecule has 4 heterocycles. The first-order valence-electron chi connectivity index (χ1n) is 24.7. The van der Waals surface area contributed by atoms with Crippen molar-refractivity contribution in [1.82, 2.24) is 19.5 Å². The molecule has 3 aromatic heterocycles. The summed E-state index contributed by atoms with van der Waals surface area (Å²) in [6.45, 7) is 2.46. The first-order chi connectivity index (χ1) is 35.6. The lowest BCUT2D eigenvalue weighted by molar-refractivity contribution is 0.669. The second-order valence-electron chi connectivity index (χ2n) is 19.5. The summed E-state index contributed by atoms with van der Waals surface area (Å²) in [5, 5.41) is 9.21. The van der Waals surface area contributed by atoms with Gasteiger partial charge in [0.1, 0.15) is 11.2 Å². The van der Waals surface area contributed by atoms with Gasteiger partial charge < -0.3 is 8.98 Å². The van der Waals surface area contributed by atoms with Crippen LogP contribution < -0.4 is 0 Å². The van der Waals surface area contributed by atoms with E-state index in [0.29, 0.717) is 17.5 Å². The second-order valence-corrected chi connectivity index (χ2v) is 19.5. The molecule has 5 heteroatoms. The molecular weight excluding hydrogens is 877 g/mol. The highest BCUT2D eigenvalue weighted by molar-refractivity contribution is 6.25. The molecule has 334 valence electrons. The number of rotatable bonds is 5.